The summed E-state index contributed by atoms with van der Waals surface area (Å²) >= 11 is 0. The first kappa shape index (κ1) is 26.1. The highest BCUT2D eigenvalue weighted by molar-refractivity contribution is 5.81. The third-order valence-corrected chi connectivity index (χ3v) is 6.15. The molecule has 8 atom stereocenters. The van der Waals surface area contributed by atoms with Gasteiger partial charge in [-0.2, -0.15) is 0 Å². The highest BCUT2D eigenvalue weighted by Gasteiger charge is 2.53. The van der Waals surface area contributed by atoms with Gasteiger partial charge in [0.2, 0.25) is 0 Å². The predicted molar refractivity (Wildman–Crippen MR) is 106 cm³/mol. The number of hydrogen-bond donors (Lipinski definition) is 6. The monoisotopic (exact) mass is 494 g/mol. The minimum atomic E-state index is -1.90. The number of ether oxygens (including phenoxy) is 2. The second-order valence-corrected chi connectivity index (χ2v) is 7.98. The Morgan fingerprint density at radius 2 is 0.853 bits per heavy atom. The van der Waals surface area contributed by atoms with Crippen LogP contribution in [-0.4, -0.2) is 156 Å². The van der Waals surface area contributed by atoms with Crippen LogP contribution in [0.25, 0.3) is 0 Å². The van der Waals surface area contributed by atoms with Crippen LogP contribution < -0.4 is 0 Å². The van der Waals surface area contributed by atoms with E-state index in [-0.39, 0.29) is 0 Å². The lowest BCUT2D eigenvalue weighted by Gasteiger charge is -2.28. The van der Waals surface area contributed by atoms with Crippen LogP contribution in [0.1, 0.15) is 13.8 Å². The van der Waals surface area contributed by atoms with Crippen molar-refractivity contribution in [2.45, 2.75) is 63.7 Å². The Kier molecular flexibility index (Phi) is 7.39. The van der Waals surface area contributed by atoms with Gasteiger partial charge in [0.1, 0.15) is 25.8 Å². The standard InChI is InChI=1S/C17H30N6O11/c1-7(33-3)22-13(28)11(26)20(16(22)31)5-18-9(24)10(25)19(15(18)30)6-21-12(27)14(29)23(17(21)32)8(2)34-4/h7-14,24-29H,5-6H2,1-4H3. The lowest BCUT2D eigenvalue weighted by Crippen LogP contribution is -2.50. The van der Waals surface area contributed by atoms with E-state index in [0.717, 1.165) is 9.80 Å². The van der Waals surface area contributed by atoms with Gasteiger partial charge < -0.3 is 40.1 Å². The largest absolute Gasteiger partial charge is 0.369 e. The van der Waals surface area contributed by atoms with Gasteiger partial charge in [-0.05, 0) is 13.8 Å². The quantitative estimate of drug-likeness (QED) is 0.191. The molecule has 3 aliphatic heterocycles. The molecule has 0 aliphatic carbocycles. The van der Waals surface area contributed by atoms with Crippen LogP contribution in [0.3, 0.4) is 0 Å². The van der Waals surface area contributed by atoms with Crippen molar-refractivity contribution in [3.63, 3.8) is 0 Å². The van der Waals surface area contributed by atoms with E-state index < -0.39 is 81.3 Å². The summed E-state index contributed by atoms with van der Waals surface area (Å²) in [5.74, 6) is 0. The molecule has 194 valence electrons. The van der Waals surface area contributed by atoms with Gasteiger partial charge in [0.25, 0.3) is 0 Å². The Balaban J connectivity index is 1.75. The number of aliphatic hydroxyl groups excluding tert-OH is 6. The molecular formula is C17H30N6O11. The van der Waals surface area contributed by atoms with Crippen molar-refractivity contribution < 1.29 is 54.5 Å². The number of methoxy groups -OCH3 is 2. The Morgan fingerprint density at radius 1 is 0.588 bits per heavy atom. The van der Waals surface area contributed by atoms with Gasteiger partial charge >= 0.3 is 18.1 Å². The summed E-state index contributed by atoms with van der Waals surface area (Å²) in [4.78, 5) is 42.5. The number of aliphatic hydroxyl groups is 6. The van der Waals surface area contributed by atoms with E-state index in [9.17, 15) is 45.0 Å². The normalized spacial score (nSPS) is 34.2. The molecule has 34 heavy (non-hydrogen) atoms. The lowest BCUT2D eigenvalue weighted by atomic mass is 10.4. The zero-order valence-electron chi connectivity index (χ0n) is 18.9. The molecule has 3 aliphatic rings. The Labute approximate surface area is 194 Å². The smallest absolute Gasteiger partial charge is 0.327 e. The van der Waals surface area contributed by atoms with Crippen molar-refractivity contribution in [1.29, 1.82) is 0 Å². The van der Waals surface area contributed by atoms with Crippen LogP contribution in [-0.2, 0) is 9.47 Å². The second kappa shape index (κ2) is 9.62. The predicted octanol–water partition coefficient (Wildman–Crippen LogP) is -3.99. The molecule has 17 heteroatoms. The zero-order chi connectivity index (χ0) is 25.6. The van der Waals surface area contributed by atoms with Crippen molar-refractivity contribution in [2.24, 2.45) is 0 Å². The van der Waals surface area contributed by atoms with Crippen molar-refractivity contribution in [3.05, 3.63) is 0 Å². The molecule has 0 radical (unpaired) electrons. The van der Waals surface area contributed by atoms with E-state index >= 15 is 0 Å². The van der Waals surface area contributed by atoms with Gasteiger partial charge in [-0.15, -0.1) is 0 Å². The van der Waals surface area contributed by atoms with Crippen LogP contribution in [0.4, 0.5) is 14.4 Å². The molecule has 17 nitrogen and oxygen atoms in total. The lowest BCUT2D eigenvalue weighted by molar-refractivity contribution is -0.125. The molecule has 3 saturated heterocycles. The molecular weight excluding hydrogens is 464 g/mol. The fourth-order valence-corrected chi connectivity index (χ4v) is 3.94. The van der Waals surface area contributed by atoms with Crippen molar-refractivity contribution in [2.75, 3.05) is 27.6 Å². The first-order chi connectivity index (χ1) is 15.9. The molecule has 0 aromatic carbocycles. The summed E-state index contributed by atoms with van der Waals surface area (Å²) in [6, 6.07) is -2.86. The van der Waals surface area contributed by atoms with E-state index in [0.29, 0.717) is 19.6 Å². The second-order valence-electron chi connectivity index (χ2n) is 7.98. The number of amides is 6. The fourth-order valence-electron chi connectivity index (χ4n) is 3.94. The molecule has 0 aromatic heterocycles. The van der Waals surface area contributed by atoms with Gasteiger partial charge in [0, 0.05) is 14.2 Å². The van der Waals surface area contributed by atoms with E-state index in [4.69, 9.17) is 9.47 Å². The number of urea groups is 3. The average Bonchev–Trinajstić information content (AvgIpc) is 3.24. The van der Waals surface area contributed by atoms with E-state index in [1.807, 2.05) is 0 Å². The van der Waals surface area contributed by atoms with Gasteiger partial charge in [0.05, 0.1) is 0 Å². The average molecular weight is 494 g/mol. The van der Waals surface area contributed by atoms with Crippen LogP contribution in [0, 0.1) is 0 Å². The molecule has 0 spiro atoms. The summed E-state index contributed by atoms with van der Waals surface area (Å²) in [5, 5.41) is 61.7. The number of rotatable bonds is 8. The molecule has 8 unspecified atom stereocenters. The summed E-state index contributed by atoms with van der Waals surface area (Å²) in [5.41, 5.74) is 0. The molecule has 0 bridgehead atoms. The van der Waals surface area contributed by atoms with Gasteiger partial charge in [-0.1, -0.05) is 0 Å². The van der Waals surface area contributed by atoms with E-state index in [1.54, 1.807) is 0 Å². The topological polar surface area (TPSA) is 210 Å². The highest BCUT2D eigenvalue weighted by atomic mass is 16.5. The summed E-state index contributed by atoms with van der Waals surface area (Å²) in [6.45, 7) is 1.42. The van der Waals surface area contributed by atoms with Crippen LogP contribution in [0.2, 0.25) is 0 Å². The third kappa shape index (κ3) is 3.99. The van der Waals surface area contributed by atoms with Crippen LogP contribution >= 0.6 is 0 Å². The van der Waals surface area contributed by atoms with Crippen molar-refractivity contribution >= 4 is 18.1 Å². The Hall–Kier alpha value is -2.51. The molecule has 3 rings (SSSR count). The molecule has 3 fully saturated rings. The Morgan fingerprint density at radius 3 is 1.15 bits per heavy atom. The maximum Gasteiger partial charge on any atom is 0.327 e. The van der Waals surface area contributed by atoms with E-state index in [1.165, 1.54) is 28.1 Å². The number of carbonyl (C=O) groups excluding carboxylic acids is 3. The maximum atomic E-state index is 12.9. The minimum absolute atomic E-state index is 0.623. The highest BCUT2D eigenvalue weighted by Crippen LogP contribution is 2.29. The molecule has 6 amide bonds. The van der Waals surface area contributed by atoms with Gasteiger partial charge in [0.15, 0.2) is 37.4 Å². The maximum absolute atomic E-state index is 12.9. The number of nitrogens with zero attached hydrogens (tertiary/aromatic N) is 6. The minimum Gasteiger partial charge on any atom is -0.369 e. The van der Waals surface area contributed by atoms with E-state index in [2.05, 4.69) is 0 Å². The third-order valence-electron chi connectivity index (χ3n) is 6.15. The van der Waals surface area contributed by atoms with Crippen molar-refractivity contribution in [3.8, 4) is 0 Å². The summed E-state index contributed by atoms with van der Waals surface area (Å²) in [6.07, 6.45) is -12.6. The Bertz CT molecular complexity index is 744. The number of hydrogen-bond acceptors (Lipinski definition) is 11. The zero-order valence-corrected chi connectivity index (χ0v) is 18.9. The molecule has 0 aromatic rings. The summed E-state index contributed by atoms with van der Waals surface area (Å²) in [7, 11) is 2.56. The first-order valence-corrected chi connectivity index (χ1v) is 10.3. The number of carbonyl (C=O) groups is 3. The fraction of sp³-hybridized carbons (Fsp3) is 0.824. The van der Waals surface area contributed by atoms with Gasteiger partial charge in [-0.25, -0.2) is 14.4 Å². The molecule has 0 saturated carbocycles. The first-order valence-electron chi connectivity index (χ1n) is 10.3. The van der Waals surface area contributed by atoms with Crippen LogP contribution in [0.5, 0.6) is 0 Å². The van der Waals surface area contributed by atoms with Gasteiger partial charge in [-0.3, -0.25) is 29.4 Å². The molecule has 3 heterocycles. The molecule has 6 N–H and O–H groups in total. The summed E-state index contributed by atoms with van der Waals surface area (Å²) < 4.78 is 9.98. The SMILES string of the molecule is COC(C)N1C(=O)N(CN2C(=O)N(CN3C(=O)N(C(C)OC)C(O)C3O)C(O)C2O)C(O)C1O. The van der Waals surface area contributed by atoms with Crippen molar-refractivity contribution in [1.82, 2.24) is 29.4 Å². The van der Waals surface area contributed by atoms with Crippen LogP contribution in [0.15, 0.2) is 0 Å².